The van der Waals surface area contributed by atoms with Crippen molar-refractivity contribution < 1.29 is 19.1 Å². The molecule has 0 atom stereocenters. The maximum Gasteiger partial charge on any atom is 0.288 e. The summed E-state index contributed by atoms with van der Waals surface area (Å²) < 4.78 is 14.2. The molecular formula is C16H16BrFN2O3. The molecular weight excluding hydrogens is 367 g/mol. The SMILES string of the molecule is CC(C)(C)O/N=C(/c1ccc(F)c(Br)c1)c1c(O)ccc[n+]1[O-]. The average Bonchev–Trinajstić information content (AvgIpc) is 2.44. The quantitative estimate of drug-likeness (QED) is 0.382. The third-order valence-corrected chi connectivity index (χ3v) is 3.37. The van der Waals surface area contributed by atoms with Gasteiger partial charge in [-0.2, -0.15) is 4.73 Å². The second-order valence-corrected chi connectivity index (χ2v) is 6.69. The minimum atomic E-state index is -0.597. The van der Waals surface area contributed by atoms with Crippen molar-refractivity contribution in [1.29, 1.82) is 0 Å². The molecule has 2 aromatic rings. The molecule has 0 bridgehead atoms. The number of aromatic nitrogens is 1. The van der Waals surface area contributed by atoms with Crippen molar-refractivity contribution in [3.8, 4) is 5.75 Å². The van der Waals surface area contributed by atoms with Crippen LogP contribution in [-0.4, -0.2) is 16.4 Å². The summed E-state index contributed by atoms with van der Waals surface area (Å²) in [6.07, 6.45) is 1.24. The molecule has 0 saturated carbocycles. The minimum Gasteiger partial charge on any atom is -0.618 e. The summed E-state index contributed by atoms with van der Waals surface area (Å²) in [7, 11) is 0. The van der Waals surface area contributed by atoms with E-state index in [1.54, 1.807) is 20.8 Å². The van der Waals surface area contributed by atoms with E-state index in [1.165, 1.54) is 36.5 Å². The van der Waals surface area contributed by atoms with Crippen LogP contribution in [0.2, 0.25) is 0 Å². The Balaban J connectivity index is 2.63. The fourth-order valence-electron chi connectivity index (χ4n) is 1.76. The number of benzene rings is 1. The normalized spacial score (nSPS) is 12.3. The van der Waals surface area contributed by atoms with Crippen molar-refractivity contribution in [2.24, 2.45) is 5.16 Å². The Morgan fingerprint density at radius 3 is 2.61 bits per heavy atom. The van der Waals surface area contributed by atoms with E-state index in [4.69, 9.17) is 4.84 Å². The number of pyridine rings is 1. The zero-order valence-electron chi connectivity index (χ0n) is 12.9. The van der Waals surface area contributed by atoms with Crippen LogP contribution in [0.5, 0.6) is 5.75 Å². The van der Waals surface area contributed by atoms with Crippen LogP contribution in [0.15, 0.2) is 46.2 Å². The third kappa shape index (κ3) is 4.19. The predicted octanol–water partition coefficient (Wildman–Crippen LogP) is 3.49. The summed E-state index contributed by atoms with van der Waals surface area (Å²) in [5.41, 5.74) is -0.140. The molecule has 1 aromatic carbocycles. The number of aromatic hydroxyl groups is 1. The molecule has 0 unspecified atom stereocenters. The van der Waals surface area contributed by atoms with Crippen LogP contribution in [0.3, 0.4) is 0 Å². The predicted molar refractivity (Wildman–Crippen MR) is 87.6 cm³/mol. The van der Waals surface area contributed by atoms with Crippen molar-refractivity contribution in [3.05, 3.63) is 63.3 Å². The first-order valence-corrected chi connectivity index (χ1v) is 7.61. The van der Waals surface area contributed by atoms with Gasteiger partial charge in [-0.25, -0.2) is 4.39 Å². The van der Waals surface area contributed by atoms with Crippen LogP contribution < -0.4 is 4.73 Å². The van der Waals surface area contributed by atoms with Crippen molar-refractivity contribution in [1.82, 2.24) is 0 Å². The van der Waals surface area contributed by atoms with E-state index in [2.05, 4.69) is 21.1 Å². The van der Waals surface area contributed by atoms with Gasteiger partial charge in [-0.05, 0) is 61.0 Å². The zero-order chi connectivity index (χ0) is 17.2. The van der Waals surface area contributed by atoms with Crippen LogP contribution in [0.1, 0.15) is 32.0 Å². The first-order chi connectivity index (χ1) is 10.7. The molecule has 1 aromatic heterocycles. The summed E-state index contributed by atoms with van der Waals surface area (Å²) in [5, 5.41) is 26.1. The molecule has 1 N–H and O–H groups in total. The Kier molecular flexibility index (Phi) is 4.89. The number of rotatable bonds is 3. The van der Waals surface area contributed by atoms with Gasteiger partial charge in [0.2, 0.25) is 0 Å². The van der Waals surface area contributed by atoms with Crippen LogP contribution in [0.4, 0.5) is 4.39 Å². The molecule has 0 aliphatic rings. The molecule has 0 saturated heterocycles. The van der Waals surface area contributed by atoms with Gasteiger partial charge in [-0.3, -0.25) is 0 Å². The highest BCUT2D eigenvalue weighted by Crippen LogP contribution is 2.23. The summed E-state index contributed by atoms with van der Waals surface area (Å²) in [4.78, 5) is 5.40. The van der Waals surface area contributed by atoms with Gasteiger partial charge in [0.25, 0.3) is 5.69 Å². The third-order valence-electron chi connectivity index (χ3n) is 2.77. The Bertz CT molecular complexity index is 737. The minimum absolute atomic E-state index is 0.0738. The summed E-state index contributed by atoms with van der Waals surface area (Å²) >= 11 is 3.10. The van der Waals surface area contributed by atoms with E-state index in [1.807, 2.05) is 0 Å². The molecule has 0 spiro atoms. The lowest BCUT2D eigenvalue weighted by Gasteiger charge is -2.17. The first kappa shape index (κ1) is 17.2. The largest absolute Gasteiger partial charge is 0.618 e. The van der Waals surface area contributed by atoms with Gasteiger partial charge in [0, 0.05) is 11.6 Å². The molecule has 0 fully saturated rings. The number of oxime groups is 1. The smallest absolute Gasteiger partial charge is 0.288 e. The molecule has 0 radical (unpaired) electrons. The highest BCUT2D eigenvalue weighted by Gasteiger charge is 2.24. The molecule has 5 nitrogen and oxygen atoms in total. The number of hydrogen-bond acceptors (Lipinski definition) is 4. The monoisotopic (exact) mass is 382 g/mol. The Morgan fingerprint density at radius 1 is 1.35 bits per heavy atom. The van der Waals surface area contributed by atoms with Gasteiger partial charge in [0.05, 0.1) is 4.47 Å². The second kappa shape index (κ2) is 6.54. The molecule has 23 heavy (non-hydrogen) atoms. The Labute approximate surface area is 141 Å². The van der Waals surface area contributed by atoms with E-state index in [9.17, 15) is 14.7 Å². The van der Waals surface area contributed by atoms with Gasteiger partial charge in [-0.1, -0.05) is 5.16 Å². The van der Waals surface area contributed by atoms with Crippen molar-refractivity contribution in [2.45, 2.75) is 26.4 Å². The van der Waals surface area contributed by atoms with Gasteiger partial charge < -0.3 is 15.2 Å². The zero-order valence-corrected chi connectivity index (χ0v) is 14.5. The first-order valence-electron chi connectivity index (χ1n) is 6.82. The highest BCUT2D eigenvalue weighted by atomic mass is 79.9. The van der Waals surface area contributed by atoms with Crippen LogP contribution in [0.25, 0.3) is 0 Å². The van der Waals surface area contributed by atoms with E-state index in [-0.39, 0.29) is 21.6 Å². The fraction of sp³-hybridized carbons (Fsp3) is 0.250. The summed E-state index contributed by atoms with van der Waals surface area (Å²) in [5.74, 6) is -0.698. The lowest BCUT2D eigenvalue weighted by molar-refractivity contribution is -0.607. The van der Waals surface area contributed by atoms with Crippen LogP contribution >= 0.6 is 15.9 Å². The molecule has 0 aliphatic heterocycles. The van der Waals surface area contributed by atoms with Crippen molar-refractivity contribution >= 4 is 21.6 Å². The molecule has 0 aliphatic carbocycles. The number of nitrogens with zero attached hydrogens (tertiary/aromatic N) is 2. The van der Waals surface area contributed by atoms with Gasteiger partial charge in [0.15, 0.2) is 17.7 Å². The topological polar surface area (TPSA) is 68.8 Å². The molecule has 1 heterocycles. The van der Waals surface area contributed by atoms with Crippen molar-refractivity contribution in [3.63, 3.8) is 0 Å². The lowest BCUT2D eigenvalue weighted by Crippen LogP contribution is -2.35. The fourth-order valence-corrected chi connectivity index (χ4v) is 2.14. The molecule has 7 heteroatoms. The Morgan fingerprint density at radius 2 is 2.04 bits per heavy atom. The maximum absolute atomic E-state index is 13.5. The van der Waals surface area contributed by atoms with Crippen molar-refractivity contribution in [2.75, 3.05) is 0 Å². The summed E-state index contributed by atoms with van der Waals surface area (Å²) in [6, 6.07) is 6.94. The highest BCUT2D eigenvalue weighted by molar-refractivity contribution is 9.10. The van der Waals surface area contributed by atoms with E-state index in [0.29, 0.717) is 10.3 Å². The van der Waals surface area contributed by atoms with Crippen LogP contribution in [0, 0.1) is 11.0 Å². The lowest BCUT2D eigenvalue weighted by atomic mass is 10.1. The van der Waals surface area contributed by atoms with Gasteiger partial charge in [-0.15, -0.1) is 0 Å². The van der Waals surface area contributed by atoms with Gasteiger partial charge >= 0.3 is 0 Å². The van der Waals surface area contributed by atoms with E-state index >= 15 is 0 Å². The van der Waals surface area contributed by atoms with E-state index in [0.717, 1.165) is 0 Å². The molecule has 2 rings (SSSR count). The standard InChI is InChI=1S/C16H16BrFN2O3/c1-16(2,3)23-19-14(10-6-7-12(18)11(17)9-10)15-13(21)5-4-8-20(15)22/h4-9,21H,1-3H3/b19-14-. The second-order valence-electron chi connectivity index (χ2n) is 5.84. The summed E-state index contributed by atoms with van der Waals surface area (Å²) in [6.45, 7) is 5.39. The van der Waals surface area contributed by atoms with Gasteiger partial charge in [0.1, 0.15) is 11.4 Å². The average molecular weight is 383 g/mol. The maximum atomic E-state index is 13.5. The van der Waals surface area contributed by atoms with Crippen LogP contribution in [-0.2, 0) is 4.84 Å². The molecule has 122 valence electrons. The Hall–Kier alpha value is -2.15. The number of hydrogen-bond donors (Lipinski definition) is 1. The number of halogens is 2. The molecule has 0 amide bonds. The van der Waals surface area contributed by atoms with E-state index < -0.39 is 11.4 Å².